The average molecular weight is 389 g/mol. The first kappa shape index (κ1) is 21.5. The molecule has 0 amide bonds. The first-order valence-corrected chi connectivity index (χ1v) is 9.16. The van der Waals surface area contributed by atoms with Gasteiger partial charge in [0.25, 0.3) is 0 Å². The largest absolute Gasteiger partial charge is 0.416 e. The smallest absolute Gasteiger partial charge is 0.385 e. The number of aliphatic imine (C=N–C) groups is 1. The van der Waals surface area contributed by atoms with Gasteiger partial charge in [0.05, 0.1) is 12.1 Å². The molecule has 8 heteroatoms. The van der Waals surface area contributed by atoms with Crippen LogP contribution in [0.2, 0.25) is 0 Å². The van der Waals surface area contributed by atoms with Gasteiger partial charge in [-0.25, -0.2) is 9.38 Å². The lowest BCUT2D eigenvalue weighted by Gasteiger charge is -2.42. The van der Waals surface area contributed by atoms with E-state index in [1.807, 2.05) is 6.92 Å². The van der Waals surface area contributed by atoms with Crippen molar-refractivity contribution < 1.29 is 22.3 Å². The van der Waals surface area contributed by atoms with Gasteiger partial charge in [-0.3, -0.25) is 0 Å². The van der Waals surface area contributed by atoms with E-state index in [4.69, 9.17) is 4.74 Å². The van der Waals surface area contributed by atoms with Gasteiger partial charge in [0.15, 0.2) is 5.96 Å². The Morgan fingerprint density at radius 3 is 2.56 bits per heavy atom. The van der Waals surface area contributed by atoms with Gasteiger partial charge in [-0.1, -0.05) is 12.5 Å². The van der Waals surface area contributed by atoms with Crippen molar-refractivity contribution >= 4 is 5.96 Å². The second-order valence-corrected chi connectivity index (χ2v) is 6.94. The van der Waals surface area contributed by atoms with Gasteiger partial charge < -0.3 is 15.4 Å². The summed E-state index contributed by atoms with van der Waals surface area (Å²) in [6, 6.07) is 2.67. The molecule has 0 heterocycles. The molecule has 27 heavy (non-hydrogen) atoms. The number of halogens is 4. The maximum atomic E-state index is 13.2. The van der Waals surface area contributed by atoms with Gasteiger partial charge in [0, 0.05) is 26.8 Å². The Morgan fingerprint density at radius 2 is 2.00 bits per heavy atom. The maximum absolute atomic E-state index is 13.2. The molecular formula is C19H27F4N3O. The fourth-order valence-corrected chi connectivity index (χ4v) is 3.24. The Bertz CT molecular complexity index is 642. The lowest BCUT2D eigenvalue weighted by Crippen LogP contribution is -2.47. The zero-order valence-corrected chi connectivity index (χ0v) is 15.8. The van der Waals surface area contributed by atoms with E-state index in [0.29, 0.717) is 31.7 Å². The van der Waals surface area contributed by atoms with Crippen LogP contribution >= 0.6 is 0 Å². The summed E-state index contributed by atoms with van der Waals surface area (Å²) >= 11 is 0. The number of hydrogen-bond acceptors (Lipinski definition) is 2. The van der Waals surface area contributed by atoms with Gasteiger partial charge in [0.1, 0.15) is 5.82 Å². The molecule has 4 nitrogen and oxygen atoms in total. The quantitative estimate of drug-likeness (QED) is 0.400. The van der Waals surface area contributed by atoms with Crippen molar-refractivity contribution in [1.82, 2.24) is 10.6 Å². The van der Waals surface area contributed by atoms with Crippen LogP contribution in [-0.4, -0.2) is 32.8 Å². The fourth-order valence-electron chi connectivity index (χ4n) is 3.24. The second kappa shape index (κ2) is 9.39. The molecule has 0 aliphatic heterocycles. The first-order chi connectivity index (χ1) is 12.8. The van der Waals surface area contributed by atoms with Crippen LogP contribution in [0.3, 0.4) is 0 Å². The molecule has 0 bridgehead atoms. The molecule has 1 aromatic rings. The van der Waals surface area contributed by atoms with Gasteiger partial charge in [0.2, 0.25) is 0 Å². The van der Waals surface area contributed by atoms with Crippen molar-refractivity contribution in [1.29, 1.82) is 0 Å². The number of methoxy groups -OCH3 is 1. The summed E-state index contributed by atoms with van der Waals surface area (Å²) in [5.41, 5.74) is -0.893. The predicted molar refractivity (Wildman–Crippen MR) is 97.0 cm³/mol. The monoisotopic (exact) mass is 389 g/mol. The number of nitrogens with one attached hydrogen (secondary N) is 2. The molecule has 0 unspecified atom stereocenters. The van der Waals surface area contributed by atoms with Crippen LogP contribution in [-0.2, 0) is 17.5 Å². The number of guanidine groups is 1. The minimum Gasteiger partial charge on any atom is -0.385 e. The lowest BCUT2D eigenvalue weighted by molar-refractivity contribution is -0.138. The molecule has 2 rings (SSSR count). The van der Waals surface area contributed by atoms with Crippen LogP contribution in [0.1, 0.15) is 43.7 Å². The minimum atomic E-state index is -4.62. The highest BCUT2D eigenvalue weighted by molar-refractivity contribution is 5.79. The molecule has 1 aromatic carbocycles. The first-order valence-electron chi connectivity index (χ1n) is 9.16. The summed E-state index contributed by atoms with van der Waals surface area (Å²) < 4.78 is 57.8. The Morgan fingerprint density at radius 1 is 1.26 bits per heavy atom. The van der Waals surface area contributed by atoms with Crippen molar-refractivity contribution in [2.75, 3.05) is 26.8 Å². The van der Waals surface area contributed by atoms with Crippen LogP contribution in [0.5, 0.6) is 0 Å². The normalized spacial score (nSPS) is 16.7. The SMILES string of the molecule is CCNC(=NCc1ccc(F)cc1C(F)(F)F)NCC1(CCOC)CCC1. The van der Waals surface area contributed by atoms with E-state index in [9.17, 15) is 17.6 Å². The Balaban J connectivity index is 2.07. The molecule has 2 N–H and O–H groups in total. The van der Waals surface area contributed by atoms with E-state index in [1.165, 1.54) is 6.42 Å². The summed E-state index contributed by atoms with van der Waals surface area (Å²) in [6.07, 6.45) is -0.317. The summed E-state index contributed by atoms with van der Waals surface area (Å²) in [5.74, 6) is -0.455. The number of ether oxygens (including phenoxy) is 1. The molecule has 0 radical (unpaired) electrons. The second-order valence-electron chi connectivity index (χ2n) is 6.94. The molecule has 0 saturated heterocycles. The predicted octanol–water partition coefficient (Wildman–Crippen LogP) is 4.11. The molecule has 152 valence electrons. The zero-order chi connectivity index (χ0) is 19.9. The van der Waals surface area contributed by atoms with Crippen LogP contribution in [0.25, 0.3) is 0 Å². The highest BCUT2D eigenvalue weighted by Gasteiger charge is 2.36. The summed E-state index contributed by atoms with van der Waals surface area (Å²) in [6.45, 7) is 3.67. The molecule has 0 atom stereocenters. The summed E-state index contributed by atoms with van der Waals surface area (Å²) in [7, 11) is 1.67. The lowest BCUT2D eigenvalue weighted by atomic mass is 9.67. The van der Waals surface area contributed by atoms with Gasteiger partial charge in [-0.15, -0.1) is 0 Å². The molecule has 1 aliphatic carbocycles. The van der Waals surface area contributed by atoms with Crippen LogP contribution < -0.4 is 10.6 Å². The number of benzene rings is 1. The van der Waals surface area contributed by atoms with Gasteiger partial charge in [-0.2, -0.15) is 13.2 Å². The van der Waals surface area contributed by atoms with E-state index in [0.717, 1.165) is 31.4 Å². The standard InChI is InChI=1S/C19H27F4N3O/c1-3-24-17(26-13-18(7-4-8-18)9-10-27-2)25-12-14-5-6-15(20)11-16(14)19(21,22)23/h5-6,11H,3-4,7-10,12-13H2,1-2H3,(H2,24,25,26). The number of nitrogens with zero attached hydrogens (tertiary/aromatic N) is 1. The van der Waals surface area contributed by atoms with Crippen molar-refractivity contribution in [3.8, 4) is 0 Å². The number of rotatable bonds is 8. The van der Waals surface area contributed by atoms with Crippen LogP contribution in [0.15, 0.2) is 23.2 Å². The summed E-state index contributed by atoms with van der Waals surface area (Å²) in [5, 5.41) is 6.29. The van der Waals surface area contributed by atoms with Crippen molar-refractivity contribution in [2.24, 2.45) is 10.4 Å². The molecule has 0 aromatic heterocycles. The third-order valence-corrected chi connectivity index (χ3v) is 5.01. The van der Waals surface area contributed by atoms with Crippen LogP contribution in [0, 0.1) is 11.2 Å². The van der Waals surface area contributed by atoms with Crippen LogP contribution in [0.4, 0.5) is 17.6 Å². The minimum absolute atomic E-state index is 0.0566. The number of alkyl halides is 3. The molecular weight excluding hydrogens is 362 g/mol. The molecule has 1 saturated carbocycles. The fraction of sp³-hybridized carbons (Fsp3) is 0.632. The topological polar surface area (TPSA) is 45.7 Å². The van der Waals surface area contributed by atoms with E-state index in [2.05, 4.69) is 15.6 Å². The highest BCUT2D eigenvalue weighted by Crippen LogP contribution is 2.43. The third-order valence-electron chi connectivity index (χ3n) is 5.01. The average Bonchev–Trinajstić information content (AvgIpc) is 2.58. The van der Waals surface area contributed by atoms with E-state index in [-0.39, 0.29) is 17.5 Å². The third kappa shape index (κ3) is 6.09. The van der Waals surface area contributed by atoms with E-state index >= 15 is 0 Å². The van der Waals surface area contributed by atoms with Crippen molar-refractivity contribution in [3.63, 3.8) is 0 Å². The van der Waals surface area contributed by atoms with Gasteiger partial charge in [-0.05, 0) is 49.3 Å². The molecule has 1 aliphatic rings. The Labute approximate surface area is 157 Å². The molecule has 1 fully saturated rings. The van der Waals surface area contributed by atoms with E-state index in [1.54, 1.807) is 7.11 Å². The van der Waals surface area contributed by atoms with E-state index < -0.39 is 17.6 Å². The van der Waals surface area contributed by atoms with Crippen molar-refractivity contribution in [3.05, 3.63) is 35.1 Å². The zero-order valence-electron chi connectivity index (χ0n) is 15.8. The van der Waals surface area contributed by atoms with Crippen molar-refractivity contribution in [2.45, 2.75) is 45.3 Å². The maximum Gasteiger partial charge on any atom is 0.416 e. The Kier molecular flexibility index (Phi) is 7.47. The number of hydrogen-bond donors (Lipinski definition) is 2. The highest BCUT2D eigenvalue weighted by atomic mass is 19.4. The summed E-state index contributed by atoms with van der Waals surface area (Å²) in [4.78, 5) is 4.27. The Hall–Kier alpha value is -1.83. The van der Waals surface area contributed by atoms with Gasteiger partial charge >= 0.3 is 6.18 Å². The molecule has 0 spiro atoms.